The Bertz CT molecular complexity index is 931. The summed E-state index contributed by atoms with van der Waals surface area (Å²) in [7, 11) is -3.73. The van der Waals surface area contributed by atoms with Crippen LogP contribution in [0.25, 0.3) is 11.0 Å². The van der Waals surface area contributed by atoms with E-state index in [1.807, 2.05) is 6.92 Å². The fraction of sp³-hybridized carbons (Fsp3) is 0.0714. The molecule has 0 fully saturated rings. The number of halogens is 1. The lowest BCUT2D eigenvalue weighted by molar-refractivity contribution is -0.577. The van der Waals surface area contributed by atoms with E-state index in [4.69, 9.17) is 0 Å². The maximum Gasteiger partial charge on any atom is 0.268 e. The first-order chi connectivity index (χ1) is 9.89. The molecule has 3 aromatic rings. The number of hydrogen-bond donors (Lipinski definition) is 0. The van der Waals surface area contributed by atoms with E-state index in [2.05, 4.69) is 15.9 Å². The van der Waals surface area contributed by atoms with Crippen molar-refractivity contribution in [2.75, 3.05) is 0 Å². The summed E-state index contributed by atoms with van der Waals surface area (Å²) >= 11 is 3.21. The zero-order valence-electron chi connectivity index (χ0n) is 11.0. The van der Waals surface area contributed by atoms with Crippen molar-refractivity contribution in [2.24, 2.45) is 0 Å². The van der Waals surface area contributed by atoms with E-state index in [9.17, 15) is 13.6 Å². The molecule has 108 valence electrons. The van der Waals surface area contributed by atoms with E-state index in [0.717, 1.165) is 9.54 Å². The minimum Gasteiger partial charge on any atom is -0.618 e. The van der Waals surface area contributed by atoms with Gasteiger partial charge >= 0.3 is 0 Å². The fourth-order valence-electron chi connectivity index (χ4n) is 2.12. The molecule has 7 heteroatoms. The van der Waals surface area contributed by atoms with Crippen LogP contribution < -0.4 is 4.73 Å². The van der Waals surface area contributed by atoms with E-state index in [-0.39, 0.29) is 4.90 Å². The van der Waals surface area contributed by atoms with Crippen LogP contribution in [0.2, 0.25) is 0 Å². The van der Waals surface area contributed by atoms with Crippen molar-refractivity contribution in [1.82, 2.24) is 3.97 Å². The van der Waals surface area contributed by atoms with Gasteiger partial charge in [0.05, 0.1) is 9.37 Å². The Labute approximate surface area is 130 Å². The second kappa shape index (κ2) is 4.85. The van der Waals surface area contributed by atoms with Crippen LogP contribution in [0.15, 0.2) is 58.2 Å². The highest BCUT2D eigenvalue weighted by Gasteiger charge is 2.21. The molecule has 0 N–H and O–H groups in total. The van der Waals surface area contributed by atoms with Gasteiger partial charge in [-0.1, -0.05) is 17.7 Å². The molecule has 1 aromatic carbocycles. The van der Waals surface area contributed by atoms with Gasteiger partial charge in [-0.3, -0.25) is 0 Å². The van der Waals surface area contributed by atoms with Gasteiger partial charge in [-0.15, -0.1) is 0 Å². The summed E-state index contributed by atoms with van der Waals surface area (Å²) in [6, 6.07) is 9.68. The molecule has 2 heterocycles. The Balaban J connectivity index is 2.27. The Morgan fingerprint density at radius 1 is 1.19 bits per heavy atom. The van der Waals surface area contributed by atoms with Crippen LogP contribution in [-0.4, -0.2) is 12.4 Å². The molecule has 0 aliphatic heterocycles. The number of aromatic nitrogens is 2. The van der Waals surface area contributed by atoms with Crippen LogP contribution >= 0.6 is 15.9 Å². The largest absolute Gasteiger partial charge is 0.618 e. The van der Waals surface area contributed by atoms with Crippen LogP contribution in [0.3, 0.4) is 0 Å². The zero-order valence-corrected chi connectivity index (χ0v) is 13.4. The maximum absolute atomic E-state index is 12.7. The SMILES string of the molecule is Cc1ccc(S(=O)(=O)n2ccc3c2cc(Br)c[n+]3[O-])cc1. The third-order valence-corrected chi connectivity index (χ3v) is 5.34. The number of hydrogen-bond acceptors (Lipinski definition) is 3. The third-order valence-electron chi connectivity index (χ3n) is 3.20. The molecular weight excluding hydrogens is 356 g/mol. The monoisotopic (exact) mass is 366 g/mol. The van der Waals surface area contributed by atoms with Crippen LogP contribution in [0.1, 0.15) is 5.56 Å². The molecule has 0 aliphatic rings. The topological polar surface area (TPSA) is 66.0 Å². The van der Waals surface area contributed by atoms with Crippen molar-refractivity contribution >= 4 is 37.0 Å². The van der Waals surface area contributed by atoms with Gasteiger partial charge in [-0.05, 0) is 41.1 Å². The molecule has 0 saturated heterocycles. The molecule has 0 atom stereocenters. The van der Waals surface area contributed by atoms with Crippen molar-refractivity contribution in [3.05, 3.63) is 64.0 Å². The van der Waals surface area contributed by atoms with Crippen LogP contribution in [-0.2, 0) is 10.0 Å². The minimum absolute atomic E-state index is 0.183. The highest BCUT2D eigenvalue weighted by atomic mass is 79.9. The normalized spacial score (nSPS) is 11.9. The van der Waals surface area contributed by atoms with Gasteiger partial charge in [0, 0.05) is 12.3 Å². The fourth-order valence-corrected chi connectivity index (χ4v) is 3.86. The molecule has 0 radical (unpaired) electrons. The van der Waals surface area contributed by atoms with E-state index in [0.29, 0.717) is 20.2 Å². The number of aryl methyl sites for hydroxylation is 1. The van der Waals surface area contributed by atoms with Crippen LogP contribution in [0, 0.1) is 12.1 Å². The van der Waals surface area contributed by atoms with E-state index >= 15 is 0 Å². The van der Waals surface area contributed by atoms with Gasteiger partial charge in [0.25, 0.3) is 10.0 Å². The summed E-state index contributed by atoms with van der Waals surface area (Å²) in [6.07, 6.45) is 2.73. The van der Waals surface area contributed by atoms with E-state index in [1.165, 1.54) is 18.5 Å². The average Bonchev–Trinajstić information content (AvgIpc) is 2.83. The summed E-state index contributed by atoms with van der Waals surface area (Å²) in [6.45, 7) is 1.89. The lowest BCUT2D eigenvalue weighted by Gasteiger charge is -2.08. The van der Waals surface area contributed by atoms with Gasteiger partial charge in [0.1, 0.15) is 5.52 Å². The Morgan fingerprint density at radius 2 is 1.86 bits per heavy atom. The highest BCUT2D eigenvalue weighted by Crippen LogP contribution is 2.22. The number of fused-ring (bicyclic) bond motifs is 1. The lowest BCUT2D eigenvalue weighted by atomic mass is 10.2. The molecule has 0 bridgehead atoms. The van der Waals surface area contributed by atoms with Gasteiger partial charge in [-0.25, -0.2) is 12.4 Å². The van der Waals surface area contributed by atoms with Crippen molar-refractivity contribution in [3.63, 3.8) is 0 Å². The smallest absolute Gasteiger partial charge is 0.268 e. The van der Waals surface area contributed by atoms with Crippen LogP contribution in [0.4, 0.5) is 0 Å². The standard InChI is InChI=1S/C14H11BrN2O3S/c1-10-2-4-12(5-3-10)21(19,20)17-7-6-13-14(17)8-11(15)9-16(13)18/h2-9H,1H3. The molecule has 0 unspecified atom stereocenters. The van der Waals surface area contributed by atoms with Gasteiger partial charge in [0.15, 0.2) is 6.20 Å². The lowest BCUT2D eigenvalue weighted by Crippen LogP contribution is -2.26. The van der Waals surface area contributed by atoms with E-state index in [1.54, 1.807) is 30.3 Å². The second-order valence-corrected chi connectivity index (χ2v) is 7.41. The predicted octanol–water partition coefficient (Wildman–Crippen LogP) is 2.58. The van der Waals surface area contributed by atoms with Crippen molar-refractivity contribution in [3.8, 4) is 0 Å². The number of pyridine rings is 1. The van der Waals surface area contributed by atoms with Gasteiger partial charge in [0.2, 0.25) is 5.52 Å². The molecule has 0 amide bonds. The third kappa shape index (κ3) is 2.32. The summed E-state index contributed by atoms with van der Waals surface area (Å²) < 4.78 is 27.6. The van der Waals surface area contributed by atoms with E-state index < -0.39 is 10.0 Å². The molecule has 3 rings (SSSR count). The molecular formula is C14H11BrN2O3S. The summed E-state index contributed by atoms with van der Waals surface area (Å²) in [5.41, 5.74) is 1.61. The Morgan fingerprint density at radius 3 is 2.52 bits per heavy atom. The van der Waals surface area contributed by atoms with Crippen molar-refractivity contribution < 1.29 is 13.1 Å². The predicted molar refractivity (Wildman–Crippen MR) is 82.4 cm³/mol. The Hall–Kier alpha value is -1.86. The number of rotatable bonds is 2. The summed E-state index contributed by atoms with van der Waals surface area (Å²) in [5, 5.41) is 11.8. The van der Waals surface area contributed by atoms with Crippen molar-refractivity contribution in [2.45, 2.75) is 11.8 Å². The Kier molecular flexibility index (Phi) is 3.26. The van der Waals surface area contributed by atoms with Gasteiger partial charge in [-0.2, -0.15) is 4.73 Å². The molecule has 21 heavy (non-hydrogen) atoms. The highest BCUT2D eigenvalue weighted by molar-refractivity contribution is 9.10. The zero-order chi connectivity index (χ0) is 15.2. The maximum atomic E-state index is 12.7. The second-order valence-electron chi connectivity index (χ2n) is 4.68. The molecule has 2 aromatic heterocycles. The van der Waals surface area contributed by atoms with Crippen molar-refractivity contribution in [1.29, 1.82) is 0 Å². The molecule has 0 spiro atoms. The average molecular weight is 367 g/mol. The first-order valence-electron chi connectivity index (χ1n) is 6.11. The van der Waals surface area contributed by atoms with Crippen LogP contribution in [0.5, 0.6) is 0 Å². The quantitative estimate of drug-likeness (QED) is 0.517. The molecule has 5 nitrogen and oxygen atoms in total. The molecule has 0 aliphatic carbocycles. The first-order valence-corrected chi connectivity index (χ1v) is 8.35. The summed E-state index contributed by atoms with van der Waals surface area (Å²) in [5.74, 6) is 0. The minimum atomic E-state index is -3.73. The molecule has 0 saturated carbocycles. The summed E-state index contributed by atoms with van der Waals surface area (Å²) in [4.78, 5) is 0.183. The first kappa shape index (κ1) is 14.1. The number of nitrogens with zero attached hydrogens (tertiary/aromatic N) is 2. The number of benzene rings is 1. The van der Waals surface area contributed by atoms with Gasteiger partial charge < -0.3 is 5.21 Å².